The molecule has 0 N–H and O–H groups in total. The predicted molar refractivity (Wildman–Crippen MR) is 96.5 cm³/mol. The van der Waals surface area contributed by atoms with Crippen LogP contribution in [0.4, 0.5) is 0 Å². The molecule has 0 saturated carbocycles. The molecule has 1 rings (SSSR count). The number of carbonyl (C=O) groups is 2. The fourth-order valence-electron chi connectivity index (χ4n) is 2.94. The van der Waals surface area contributed by atoms with E-state index in [9.17, 15) is 9.59 Å². The predicted octanol–water partition coefficient (Wildman–Crippen LogP) is 3.73. The maximum Gasteiger partial charge on any atom is 0.355 e. The zero-order valence-corrected chi connectivity index (χ0v) is 15.6. The lowest BCUT2D eigenvalue weighted by molar-refractivity contribution is 0.0513. The van der Waals surface area contributed by atoms with E-state index in [-0.39, 0.29) is 5.91 Å². The highest BCUT2D eigenvalue weighted by atomic mass is 16.5. The summed E-state index contributed by atoms with van der Waals surface area (Å²) in [6, 6.07) is 0. The molecule has 134 valence electrons. The maximum atomic E-state index is 13.0. The van der Waals surface area contributed by atoms with Crippen molar-refractivity contribution >= 4 is 11.9 Å². The molecule has 0 radical (unpaired) electrons. The van der Waals surface area contributed by atoms with Crippen molar-refractivity contribution in [3.05, 3.63) is 35.2 Å². The monoisotopic (exact) mass is 334 g/mol. The van der Waals surface area contributed by atoms with Gasteiger partial charge in [0, 0.05) is 25.3 Å². The number of aromatic nitrogens is 1. The van der Waals surface area contributed by atoms with Crippen molar-refractivity contribution in [2.24, 2.45) is 0 Å². The van der Waals surface area contributed by atoms with Crippen molar-refractivity contribution in [3.63, 3.8) is 0 Å². The Morgan fingerprint density at radius 1 is 1.25 bits per heavy atom. The van der Waals surface area contributed by atoms with Gasteiger partial charge in [-0.3, -0.25) is 4.79 Å². The molecule has 1 aromatic heterocycles. The smallest absolute Gasteiger partial charge is 0.355 e. The van der Waals surface area contributed by atoms with E-state index in [2.05, 4.69) is 13.5 Å². The van der Waals surface area contributed by atoms with Crippen LogP contribution < -0.4 is 0 Å². The highest BCUT2D eigenvalue weighted by molar-refractivity contribution is 6.01. The Balaban J connectivity index is 3.37. The molecular formula is C19H30N2O3. The van der Waals surface area contributed by atoms with E-state index in [0.717, 1.165) is 25.1 Å². The molecule has 1 aromatic rings. The van der Waals surface area contributed by atoms with Crippen molar-refractivity contribution in [1.82, 2.24) is 9.47 Å². The van der Waals surface area contributed by atoms with E-state index in [0.29, 0.717) is 36.5 Å². The molecule has 24 heavy (non-hydrogen) atoms. The number of hydrogen-bond donors (Lipinski definition) is 0. The summed E-state index contributed by atoms with van der Waals surface area (Å²) in [5, 5.41) is 0. The Labute approximate surface area is 145 Å². The van der Waals surface area contributed by atoms with Gasteiger partial charge >= 0.3 is 5.97 Å². The van der Waals surface area contributed by atoms with Gasteiger partial charge in [0.15, 0.2) is 0 Å². The molecule has 1 heterocycles. The van der Waals surface area contributed by atoms with Crippen LogP contribution >= 0.6 is 0 Å². The van der Waals surface area contributed by atoms with E-state index in [1.807, 2.05) is 30.2 Å². The number of allylic oxidation sites excluding steroid dienone is 1. The fourth-order valence-corrected chi connectivity index (χ4v) is 2.94. The molecule has 1 amide bonds. The van der Waals surface area contributed by atoms with Gasteiger partial charge < -0.3 is 14.2 Å². The second-order valence-electron chi connectivity index (χ2n) is 5.79. The van der Waals surface area contributed by atoms with Gasteiger partial charge in [0.1, 0.15) is 5.69 Å². The number of amides is 1. The molecule has 0 aromatic carbocycles. The quantitative estimate of drug-likeness (QED) is 0.511. The fraction of sp³-hybridized carbons (Fsp3) is 0.579. The third kappa shape index (κ3) is 4.08. The first-order chi connectivity index (χ1) is 11.4. The minimum atomic E-state index is -0.393. The Hall–Kier alpha value is -2.04. The van der Waals surface area contributed by atoms with Gasteiger partial charge in [0.25, 0.3) is 5.91 Å². The minimum Gasteiger partial charge on any atom is -0.461 e. The maximum absolute atomic E-state index is 13.0. The zero-order valence-electron chi connectivity index (χ0n) is 15.6. The summed E-state index contributed by atoms with van der Waals surface area (Å²) in [5.74, 6) is -0.412. The summed E-state index contributed by atoms with van der Waals surface area (Å²) < 4.78 is 7.00. The molecule has 5 heteroatoms. The van der Waals surface area contributed by atoms with Crippen LogP contribution in [0.15, 0.2) is 12.7 Å². The lowest BCUT2D eigenvalue weighted by Crippen LogP contribution is -2.32. The molecule has 0 unspecified atom stereocenters. The number of ether oxygens (including phenoxy) is 1. The summed E-state index contributed by atoms with van der Waals surface area (Å²) in [6.07, 6.45) is 3.72. The van der Waals surface area contributed by atoms with Gasteiger partial charge in [-0.2, -0.15) is 0 Å². The molecule has 0 fully saturated rings. The van der Waals surface area contributed by atoms with Crippen LogP contribution in [-0.2, 0) is 11.3 Å². The van der Waals surface area contributed by atoms with Crippen LogP contribution in [0.1, 0.15) is 65.7 Å². The standard InChI is InChI=1S/C19H30N2O3/c1-7-11-13-20(9-3)18(22)16-14(5)17(19(23)24-10-4)21(12-8-2)15(16)6/h8H,2,7,9-13H2,1,3-6H3. The third-order valence-electron chi connectivity index (χ3n) is 4.21. The number of esters is 1. The molecular weight excluding hydrogens is 304 g/mol. The van der Waals surface area contributed by atoms with Crippen LogP contribution in [0.5, 0.6) is 0 Å². The normalized spacial score (nSPS) is 10.5. The van der Waals surface area contributed by atoms with Gasteiger partial charge in [0.05, 0.1) is 12.2 Å². The number of unbranched alkanes of at least 4 members (excludes halogenated alkanes) is 1. The average Bonchev–Trinajstić information content (AvgIpc) is 2.79. The topological polar surface area (TPSA) is 51.5 Å². The Kier molecular flexibility index (Phi) is 7.75. The van der Waals surface area contributed by atoms with Crippen LogP contribution in [-0.4, -0.2) is 41.0 Å². The summed E-state index contributed by atoms with van der Waals surface area (Å²) in [7, 11) is 0. The number of carbonyl (C=O) groups excluding carboxylic acids is 2. The van der Waals surface area contributed by atoms with Crippen molar-refractivity contribution in [2.75, 3.05) is 19.7 Å². The van der Waals surface area contributed by atoms with Crippen LogP contribution in [0.2, 0.25) is 0 Å². The van der Waals surface area contributed by atoms with Crippen molar-refractivity contribution in [1.29, 1.82) is 0 Å². The van der Waals surface area contributed by atoms with E-state index in [1.54, 1.807) is 13.0 Å². The lowest BCUT2D eigenvalue weighted by Gasteiger charge is -2.21. The Morgan fingerprint density at radius 2 is 1.92 bits per heavy atom. The van der Waals surface area contributed by atoms with Crippen molar-refractivity contribution < 1.29 is 14.3 Å². The molecule has 0 spiro atoms. The van der Waals surface area contributed by atoms with Crippen LogP contribution in [0.3, 0.4) is 0 Å². The first-order valence-electron chi connectivity index (χ1n) is 8.71. The first kappa shape index (κ1) is 20.0. The third-order valence-corrected chi connectivity index (χ3v) is 4.21. The molecule has 0 aliphatic heterocycles. The van der Waals surface area contributed by atoms with Gasteiger partial charge in [0.2, 0.25) is 0 Å². The molecule has 0 atom stereocenters. The average molecular weight is 334 g/mol. The van der Waals surface area contributed by atoms with Gasteiger partial charge in [-0.15, -0.1) is 6.58 Å². The van der Waals surface area contributed by atoms with E-state index >= 15 is 0 Å². The first-order valence-corrected chi connectivity index (χ1v) is 8.71. The van der Waals surface area contributed by atoms with Crippen LogP contribution in [0.25, 0.3) is 0 Å². The molecule has 0 bridgehead atoms. The lowest BCUT2D eigenvalue weighted by atomic mass is 10.1. The number of nitrogens with zero attached hydrogens (tertiary/aromatic N) is 2. The van der Waals surface area contributed by atoms with E-state index in [1.165, 1.54) is 0 Å². The van der Waals surface area contributed by atoms with Gasteiger partial charge in [-0.25, -0.2) is 4.79 Å². The summed E-state index contributed by atoms with van der Waals surface area (Å²) in [4.78, 5) is 27.2. The summed E-state index contributed by atoms with van der Waals surface area (Å²) >= 11 is 0. The highest BCUT2D eigenvalue weighted by Crippen LogP contribution is 2.25. The van der Waals surface area contributed by atoms with E-state index < -0.39 is 5.97 Å². The second-order valence-corrected chi connectivity index (χ2v) is 5.79. The highest BCUT2D eigenvalue weighted by Gasteiger charge is 2.28. The largest absolute Gasteiger partial charge is 0.461 e. The van der Waals surface area contributed by atoms with Crippen molar-refractivity contribution in [3.8, 4) is 0 Å². The molecule has 5 nitrogen and oxygen atoms in total. The molecule has 0 saturated heterocycles. The number of hydrogen-bond acceptors (Lipinski definition) is 3. The van der Waals surface area contributed by atoms with Crippen LogP contribution in [0, 0.1) is 13.8 Å². The Bertz CT molecular complexity index is 602. The van der Waals surface area contributed by atoms with Gasteiger partial charge in [-0.05, 0) is 39.7 Å². The summed E-state index contributed by atoms with van der Waals surface area (Å²) in [6.45, 7) is 15.5. The zero-order chi connectivity index (χ0) is 18.3. The van der Waals surface area contributed by atoms with E-state index in [4.69, 9.17) is 4.74 Å². The van der Waals surface area contributed by atoms with Gasteiger partial charge in [-0.1, -0.05) is 19.4 Å². The Morgan fingerprint density at radius 3 is 2.42 bits per heavy atom. The molecule has 0 aliphatic carbocycles. The minimum absolute atomic E-state index is 0.0192. The summed E-state index contributed by atoms with van der Waals surface area (Å²) in [5.41, 5.74) is 2.53. The second kappa shape index (κ2) is 9.30. The SMILES string of the molecule is C=CCn1c(C)c(C(=O)N(CC)CCCC)c(C)c1C(=O)OCC. The van der Waals surface area contributed by atoms with Crippen molar-refractivity contribution in [2.45, 2.75) is 54.0 Å². The molecule has 0 aliphatic rings. The number of rotatable bonds is 9.